The van der Waals surface area contributed by atoms with Crippen LogP contribution >= 0.6 is 0 Å². The first kappa shape index (κ1) is 7.90. The van der Waals surface area contributed by atoms with E-state index in [-0.39, 0.29) is 0 Å². The molecule has 12 heavy (non-hydrogen) atoms. The van der Waals surface area contributed by atoms with Gasteiger partial charge in [-0.25, -0.2) is 0 Å². The van der Waals surface area contributed by atoms with Crippen molar-refractivity contribution in [3.05, 3.63) is 10.4 Å². The van der Waals surface area contributed by atoms with Crippen LogP contribution in [0.5, 0.6) is 0 Å². The average molecular weight is 167 g/mol. The summed E-state index contributed by atoms with van der Waals surface area (Å²) in [6.45, 7) is 0.633. The van der Waals surface area contributed by atoms with Crippen molar-refractivity contribution in [1.82, 2.24) is 0 Å². The van der Waals surface area contributed by atoms with Gasteiger partial charge in [-0.1, -0.05) is 5.11 Å². The topological polar surface area (TPSA) is 58.0 Å². The quantitative estimate of drug-likeness (QED) is 0.361. The number of nitrogens with zero attached hydrogens (tertiary/aromatic N) is 3. The maximum atomic E-state index is 8.10. The zero-order chi connectivity index (χ0) is 8.39. The summed E-state index contributed by atoms with van der Waals surface area (Å²) in [6.07, 6.45) is 5.64. The van der Waals surface area contributed by atoms with Crippen LogP contribution in [0.3, 0.4) is 0 Å². The molecule has 3 unspecified atom stereocenters. The van der Waals surface area contributed by atoms with E-state index in [9.17, 15) is 0 Å². The lowest BCUT2D eigenvalue weighted by Gasteiger charge is -2.16. The Labute approximate surface area is 71.5 Å². The van der Waals surface area contributed by atoms with Crippen LogP contribution in [-0.4, -0.2) is 18.8 Å². The molecule has 0 aromatic rings. The summed E-state index contributed by atoms with van der Waals surface area (Å²) in [5.74, 6) is 0.661. The Hall–Kier alpha value is -0.730. The van der Waals surface area contributed by atoms with Crippen molar-refractivity contribution in [2.24, 2.45) is 11.0 Å². The van der Waals surface area contributed by atoms with E-state index in [0.717, 1.165) is 6.42 Å². The minimum Gasteiger partial charge on any atom is -0.375 e. The highest BCUT2D eigenvalue weighted by Gasteiger charge is 2.39. The summed E-state index contributed by atoms with van der Waals surface area (Å²) in [5.41, 5.74) is 8.10. The third-order valence-electron chi connectivity index (χ3n) is 2.89. The molecule has 2 aliphatic heterocycles. The van der Waals surface area contributed by atoms with E-state index >= 15 is 0 Å². The molecule has 0 amide bonds. The molecule has 2 fully saturated rings. The molecular weight excluding hydrogens is 154 g/mol. The number of ether oxygens (including phenoxy) is 1. The highest BCUT2D eigenvalue weighted by molar-refractivity contribution is 4.89. The lowest BCUT2D eigenvalue weighted by atomic mass is 9.87. The number of azide groups is 1. The van der Waals surface area contributed by atoms with E-state index < -0.39 is 0 Å². The Balaban J connectivity index is 1.79. The molecular formula is C8H13N3O. The van der Waals surface area contributed by atoms with Crippen molar-refractivity contribution >= 4 is 0 Å². The minimum atomic E-state index is 0.476. The Morgan fingerprint density at radius 3 is 3.00 bits per heavy atom. The number of hydrogen-bond donors (Lipinski definition) is 0. The van der Waals surface area contributed by atoms with Crippen molar-refractivity contribution in [3.8, 4) is 0 Å². The summed E-state index contributed by atoms with van der Waals surface area (Å²) in [7, 11) is 0. The SMILES string of the molecule is [N-]=[N+]=NCCC1CC2CCC1O2. The molecule has 2 bridgehead atoms. The van der Waals surface area contributed by atoms with E-state index in [0.29, 0.717) is 24.7 Å². The van der Waals surface area contributed by atoms with Gasteiger partial charge >= 0.3 is 0 Å². The fourth-order valence-corrected chi connectivity index (χ4v) is 2.32. The van der Waals surface area contributed by atoms with Gasteiger partial charge in [0.2, 0.25) is 0 Å². The lowest BCUT2D eigenvalue weighted by molar-refractivity contribution is 0.0916. The number of rotatable bonds is 3. The van der Waals surface area contributed by atoms with Crippen LogP contribution in [0.2, 0.25) is 0 Å². The van der Waals surface area contributed by atoms with Crippen molar-refractivity contribution in [2.75, 3.05) is 6.54 Å². The first-order valence-electron chi connectivity index (χ1n) is 4.56. The van der Waals surface area contributed by atoms with Crippen molar-refractivity contribution in [1.29, 1.82) is 0 Å². The molecule has 0 N–H and O–H groups in total. The second kappa shape index (κ2) is 3.33. The molecule has 2 heterocycles. The van der Waals surface area contributed by atoms with Gasteiger partial charge in [0.15, 0.2) is 0 Å². The predicted molar refractivity (Wildman–Crippen MR) is 44.6 cm³/mol. The fourth-order valence-electron chi connectivity index (χ4n) is 2.32. The van der Waals surface area contributed by atoms with Gasteiger partial charge in [-0.15, -0.1) is 0 Å². The van der Waals surface area contributed by atoms with Gasteiger partial charge < -0.3 is 4.74 Å². The molecule has 3 atom stereocenters. The molecule has 2 rings (SSSR count). The molecule has 0 spiro atoms. The molecule has 4 heteroatoms. The highest BCUT2D eigenvalue weighted by Crippen LogP contribution is 2.40. The molecule has 4 nitrogen and oxygen atoms in total. The maximum Gasteiger partial charge on any atom is 0.0608 e. The summed E-state index contributed by atoms with van der Waals surface area (Å²) >= 11 is 0. The molecule has 66 valence electrons. The van der Waals surface area contributed by atoms with Gasteiger partial charge in [0.25, 0.3) is 0 Å². The van der Waals surface area contributed by atoms with E-state index in [1.807, 2.05) is 0 Å². The second-order valence-electron chi connectivity index (χ2n) is 3.61. The smallest absolute Gasteiger partial charge is 0.0608 e. The van der Waals surface area contributed by atoms with E-state index in [1.165, 1.54) is 19.3 Å². The Bertz CT molecular complexity index is 212. The van der Waals surface area contributed by atoms with Gasteiger partial charge in [0.1, 0.15) is 0 Å². The summed E-state index contributed by atoms with van der Waals surface area (Å²) < 4.78 is 5.68. The van der Waals surface area contributed by atoms with Crippen LogP contribution in [0.1, 0.15) is 25.7 Å². The Morgan fingerprint density at radius 1 is 1.50 bits per heavy atom. The zero-order valence-corrected chi connectivity index (χ0v) is 7.02. The van der Waals surface area contributed by atoms with E-state index in [2.05, 4.69) is 10.0 Å². The highest BCUT2D eigenvalue weighted by atomic mass is 16.5. The normalized spacial score (nSPS) is 38.2. The minimum absolute atomic E-state index is 0.476. The van der Waals surface area contributed by atoms with Gasteiger partial charge in [0.05, 0.1) is 12.2 Å². The molecule has 2 saturated heterocycles. The molecule has 0 aromatic heterocycles. The zero-order valence-electron chi connectivity index (χ0n) is 7.02. The van der Waals surface area contributed by atoms with Crippen LogP contribution in [0.15, 0.2) is 5.11 Å². The molecule has 0 aliphatic carbocycles. The Morgan fingerprint density at radius 2 is 2.42 bits per heavy atom. The third-order valence-corrected chi connectivity index (χ3v) is 2.89. The van der Waals surface area contributed by atoms with Crippen LogP contribution < -0.4 is 0 Å². The van der Waals surface area contributed by atoms with Gasteiger partial charge in [-0.2, -0.15) is 0 Å². The monoisotopic (exact) mass is 167 g/mol. The molecule has 0 aromatic carbocycles. The predicted octanol–water partition coefficient (Wildman–Crippen LogP) is 2.25. The summed E-state index contributed by atoms with van der Waals surface area (Å²) in [4.78, 5) is 2.74. The summed E-state index contributed by atoms with van der Waals surface area (Å²) in [5, 5.41) is 3.54. The Kier molecular flexibility index (Phi) is 2.19. The summed E-state index contributed by atoms with van der Waals surface area (Å²) in [6, 6.07) is 0. The first-order chi connectivity index (χ1) is 5.90. The number of fused-ring (bicyclic) bond motifs is 2. The maximum absolute atomic E-state index is 8.10. The standard InChI is InChI=1S/C8H13N3O/c9-11-10-4-3-6-5-7-1-2-8(6)12-7/h6-8H,1-5H2. The van der Waals surface area contributed by atoms with Crippen LogP contribution in [-0.2, 0) is 4.74 Å². The fraction of sp³-hybridized carbons (Fsp3) is 1.00. The van der Waals surface area contributed by atoms with Gasteiger partial charge in [0, 0.05) is 11.5 Å². The van der Waals surface area contributed by atoms with Crippen LogP contribution in [0, 0.1) is 5.92 Å². The van der Waals surface area contributed by atoms with Gasteiger partial charge in [-0.05, 0) is 37.1 Å². The first-order valence-corrected chi connectivity index (χ1v) is 4.56. The number of hydrogen-bond acceptors (Lipinski definition) is 2. The van der Waals surface area contributed by atoms with E-state index in [4.69, 9.17) is 10.3 Å². The van der Waals surface area contributed by atoms with Crippen molar-refractivity contribution < 1.29 is 4.74 Å². The average Bonchev–Trinajstić information content (AvgIpc) is 2.65. The van der Waals surface area contributed by atoms with Crippen molar-refractivity contribution in [3.63, 3.8) is 0 Å². The largest absolute Gasteiger partial charge is 0.375 e. The third kappa shape index (κ3) is 1.40. The van der Waals surface area contributed by atoms with Crippen LogP contribution in [0.25, 0.3) is 10.4 Å². The molecule has 2 aliphatic rings. The van der Waals surface area contributed by atoms with Gasteiger partial charge in [-0.3, -0.25) is 0 Å². The van der Waals surface area contributed by atoms with Crippen molar-refractivity contribution in [2.45, 2.75) is 37.9 Å². The molecule has 0 radical (unpaired) electrons. The second-order valence-corrected chi connectivity index (χ2v) is 3.61. The van der Waals surface area contributed by atoms with Crippen LogP contribution in [0.4, 0.5) is 0 Å². The lowest BCUT2D eigenvalue weighted by Crippen LogP contribution is -2.16. The molecule has 0 saturated carbocycles. The van der Waals surface area contributed by atoms with E-state index in [1.54, 1.807) is 0 Å².